The molecule has 0 aliphatic carbocycles. The summed E-state index contributed by atoms with van der Waals surface area (Å²) in [6.07, 6.45) is 4.22. The molecule has 25 heavy (non-hydrogen) atoms. The molecule has 8 nitrogen and oxygen atoms in total. The lowest BCUT2D eigenvalue weighted by Crippen LogP contribution is -2.33. The number of nitrogens with one attached hydrogen (secondary N) is 1. The molecule has 0 atom stereocenters. The van der Waals surface area contributed by atoms with Gasteiger partial charge in [-0.25, -0.2) is 0 Å². The summed E-state index contributed by atoms with van der Waals surface area (Å²) < 4.78 is 22.4. The van der Waals surface area contributed by atoms with Crippen LogP contribution in [0.4, 0.5) is 0 Å². The first-order chi connectivity index (χ1) is 11.6. The second kappa shape index (κ2) is 9.95. The number of hydrogen-bond acceptors (Lipinski definition) is 4. The standard InChI is InChI=1S/C15H27NO7P2/c17-15(24(18,19)20,25(21,22)23)11-13-16-12-7-2-1-4-8-14-9-5-3-6-10-14/h3,5-6,9-10,16-17H,1-2,4,7-8,11-13H2,(H2,18,19,20)(H2,21,22,23). The van der Waals surface area contributed by atoms with Gasteiger partial charge < -0.3 is 30.0 Å². The summed E-state index contributed by atoms with van der Waals surface area (Å²) in [6, 6.07) is 10.2. The number of unbranched alkanes of at least 4 members (excludes halogenated alkanes) is 3. The summed E-state index contributed by atoms with van der Waals surface area (Å²) in [6.45, 7) is 0.445. The minimum absolute atomic E-state index is 0.100. The first kappa shape index (κ1) is 22.5. The van der Waals surface area contributed by atoms with Gasteiger partial charge in [-0.15, -0.1) is 0 Å². The third-order valence-electron chi connectivity index (χ3n) is 3.98. The van der Waals surface area contributed by atoms with Gasteiger partial charge in [-0.1, -0.05) is 43.2 Å². The smallest absolute Gasteiger partial charge is 0.367 e. The van der Waals surface area contributed by atoms with E-state index in [9.17, 15) is 14.2 Å². The molecule has 0 saturated carbocycles. The normalized spacial score (nSPS) is 13.2. The number of hydrogen-bond donors (Lipinski definition) is 6. The van der Waals surface area contributed by atoms with Crippen molar-refractivity contribution in [3.63, 3.8) is 0 Å². The fraction of sp³-hybridized carbons (Fsp3) is 0.600. The summed E-state index contributed by atoms with van der Waals surface area (Å²) in [5.41, 5.74) is 1.30. The Labute approximate surface area is 147 Å². The molecule has 0 fully saturated rings. The van der Waals surface area contributed by atoms with E-state index in [1.165, 1.54) is 5.56 Å². The van der Waals surface area contributed by atoms with Gasteiger partial charge in [-0.2, -0.15) is 0 Å². The molecule has 0 bridgehead atoms. The van der Waals surface area contributed by atoms with Gasteiger partial charge in [0.15, 0.2) is 0 Å². The first-order valence-electron chi connectivity index (χ1n) is 8.16. The lowest BCUT2D eigenvalue weighted by molar-refractivity contribution is 0.123. The summed E-state index contributed by atoms with van der Waals surface area (Å²) in [4.78, 5) is 36.0. The molecule has 0 aliphatic rings. The highest BCUT2D eigenvalue weighted by Gasteiger charge is 2.58. The Hall–Kier alpha value is -0.560. The van der Waals surface area contributed by atoms with Crippen molar-refractivity contribution in [2.45, 2.75) is 43.6 Å². The van der Waals surface area contributed by atoms with Gasteiger partial charge >= 0.3 is 15.2 Å². The second-order valence-corrected chi connectivity index (χ2v) is 10.0. The Balaban J connectivity index is 2.17. The van der Waals surface area contributed by atoms with Gasteiger partial charge in [0.1, 0.15) is 0 Å². The predicted molar refractivity (Wildman–Crippen MR) is 95.1 cm³/mol. The highest BCUT2D eigenvalue weighted by Crippen LogP contribution is 2.68. The molecule has 0 radical (unpaired) electrons. The van der Waals surface area contributed by atoms with E-state index in [4.69, 9.17) is 19.6 Å². The van der Waals surface area contributed by atoms with Crippen molar-refractivity contribution >= 4 is 15.2 Å². The van der Waals surface area contributed by atoms with Crippen molar-refractivity contribution in [2.75, 3.05) is 13.1 Å². The van der Waals surface area contributed by atoms with Crippen molar-refractivity contribution in [2.24, 2.45) is 0 Å². The number of rotatable bonds is 12. The Morgan fingerprint density at radius 3 is 1.96 bits per heavy atom. The van der Waals surface area contributed by atoms with E-state index >= 15 is 0 Å². The van der Waals surface area contributed by atoms with Crippen molar-refractivity contribution in [1.29, 1.82) is 0 Å². The van der Waals surface area contributed by atoms with Crippen molar-refractivity contribution in [3.8, 4) is 0 Å². The zero-order valence-electron chi connectivity index (χ0n) is 14.0. The average Bonchev–Trinajstić information content (AvgIpc) is 2.52. The number of benzene rings is 1. The van der Waals surface area contributed by atoms with Crippen LogP contribution in [0.3, 0.4) is 0 Å². The van der Waals surface area contributed by atoms with E-state index < -0.39 is 26.7 Å². The van der Waals surface area contributed by atoms with Crippen LogP contribution in [0, 0.1) is 0 Å². The molecule has 0 unspecified atom stereocenters. The van der Waals surface area contributed by atoms with E-state index in [0.29, 0.717) is 6.54 Å². The molecule has 0 aromatic heterocycles. The zero-order chi connectivity index (χ0) is 19.0. The van der Waals surface area contributed by atoms with E-state index in [0.717, 1.165) is 32.1 Å². The van der Waals surface area contributed by atoms with E-state index in [1.54, 1.807) is 0 Å². The van der Waals surface area contributed by atoms with Crippen LogP contribution in [0.2, 0.25) is 0 Å². The summed E-state index contributed by atoms with van der Waals surface area (Å²) in [7, 11) is -10.7. The second-order valence-electron chi connectivity index (χ2n) is 6.01. The summed E-state index contributed by atoms with van der Waals surface area (Å²) in [5, 5.41) is 9.22. The predicted octanol–water partition coefficient (Wildman–Crippen LogP) is 1.77. The van der Waals surface area contributed by atoms with Crippen LogP contribution in [-0.4, -0.2) is 42.9 Å². The lowest BCUT2D eigenvalue weighted by atomic mass is 10.1. The Kier molecular flexibility index (Phi) is 8.95. The van der Waals surface area contributed by atoms with Crippen LogP contribution in [0.25, 0.3) is 0 Å². The average molecular weight is 395 g/mol. The van der Waals surface area contributed by atoms with Crippen molar-refractivity contribution in [3.05, 3.63) is 35.9 Å². The third-order valence-corrected chi connectivity index (χ3v) is 7.86. The quantitative estimate of drug-likeness (QED) is 0.232. The molecule has 0 saturated heterocycles. The van der Waals surface area contributed by atoms with Gasteiger partial charge in [-0.3, -0.25) is 9.13 Å². The molecule has 1 aromatic rings. The topological polar surface area (TPSA) is 147 Å². The molecule has 0 aliphatic heterocycles. The van der Waals surface area contributed by atoms with Crippen molar-refractivity contribution < 1.29 is 33.8 Å². The first-order valence-corrected chi connectivity index (χ1v) is 11.4. The molecular formula is C15H27NO7P2. The van der Waals surface area contributed by atoms with E-state index in [2.05, 4.69) is 17.4 Å². The molecule has 1 aromatic carbocycles. The highest BCUT2D eigenvalue weighted by molar-refractivity contribution is 7.72. The fourth-order valence-electron chi connectivity index (χ4n) is 2.42. The number of aryl methyl sites for hydroxylation is 1. The number of aliphatic hydroxyl groups is 1. The molecule has 1 rings (SSSR count). The van der Waals surface area contributed by atoms with Gasteiger partial charge in [-0.05, 0) is 37.9 Å². The van der Waals surface area contributed by atoms with Crippen LogP contribution >= 0.6 is 15.2 Å². The molecule has 6 N–H and O–H groups in total. The lowest BCUT2D eigenvalue weighted by Gasteiger charge is -2.29. The maximum atomic E-state index is 11.2. The minimum atomic E-state index is -5.36. The Morgan fingerprint density at radius 2 is 1.40 bits per heavy atom. The fourth-order valence-corrected chi connectivity index (χ4v) is 4.58. The molecular weight excluding hydrogens is 368 g/mol. The summed E-state index contributed by atoms with van der Waals surface area (Å²) >= 11 is 0. The largest absolute Gasteiger partial charge is 0.369 e. The monoisotopic (exact) mass is 395 g/mol. The zero-order valence-corrected chi connectivity index (χ0v) is 15.8. The Bertz CT molecular complexity index is 577. The summed E-state index contributed by atoms with van der Waals surface area (Å²) in [5.74, 6) is 0. The molecule has 0 spiro atoms. The maximum absolute atomic E-state index is 11.2. The van der Waals surface area contributed by atoms with Crippen molar-refractivity contribution in [1.82, 2.24) is 5.32 Å². The third kappa shape index (κ3) is 7.29. The van der Waals surface area contributed by atoms with Crippen LogP contribution in [0.15, 0.2) is 30.3 Å². The van der Waals surface area contributed by atoms with Crippen LogP contribution in [-0.2, 0) is 15.6 Å². The van der Waals surface area contributed by atoms with Crippen LogP contribution < -0.4 is 5.32 Å². The molecule has 0 heterocycles. The SMILES string of the molecule is O=P(O)(O)C(O)(CCNCCCCCCc1ccccc1)P(=O)(O)O. The van der Waals surface area contributed by atoms with Gasteiger partial charge in [0.2, 0.25) is 0 Å². The molecule has 10 heteroatoms. The van der Waals surface area contributed by atoms with Gasteiger partial charge in [0, 0.05) is 6.42 Å². The maximum Gasteiger partial charge on any atom is 0.369 e. The minimum Gasteiger partial charge on any atom is -0.367 e. The van der Waals surface area contributed by atoms with Gasteiger partial charge in [0.25, 0.3) is 5.08 Å². The molecule has 0 amide bonds. The highest BCUT2D eigenvalue weighted by atomic mass is 31.2. The molecule has 144 valence electrons. The van der Waals surface area contributed by atoms with Gasteiger partial charge in [0.05, 0.1) is 0 Å². The van der Waals surface area contributed by atoms with E-state index in [-0.39, 0.29) is 6.54 Å². The van der Waals surface area contributed by atoms with E-state index in [1.807, 2.05) is 18.2 Å². The van der Waals surface area contributed by atoms with Crippen LogP contribution in [0.5, 0.6) is 0 Å². The Morgan fingerprint density at radius 1 is 0.840 bits per heavy atom. The van der Waals surface area contributed by atoms with Crippen LogP contribution in [0.1, 0.15) is 37.7 Å².